The second-order valence-electron chi connectivity index (χ2n) is 7.49. The summed E-state index contributed by atoms with van der Waals surface area (Å²) in [6.45, 7) is 5.45. The lowest BCUT2D eigenvalue weighted by Crippen LogP contribution is -2.48. The van der Waals surface area contributed by atoms with Crippen LogP contribution in [0.5, 0.6) is 5.75 Å². The Morgan fingerprint density at radius 2 is 2.15 bits per heavy atom. The topological polar surface area (TPSA) is 123 Å². The maximum atomic E-state index is 13.1. The summed E-state index contributed by atoms with van der Waals surface area (Å²) in [5.41, 5.74) is 1.26. The maximum Gasteiger partial charge on any atom is 0.344 e. The maximum absolute atomic E-state index is 13.1. The summed E-state index contributed by atoms with van der Waals surface area (Å²) in [5.74, 6) is -0.881. The Morgan fingerprint density at radius 3 is 2.88 bits per heavy atom. The Labute approximate surface area is 202 Å². The molecule has 1 aliphatic heterocycles. The molecule has 1 saturated heterocycles. The fourth-order valence-electron chi connectivity index (χ4n) is 3.49. The predicted molar refractivity (Wildman–Crippen MR) is 129 cm³/mol. The lowest BCUT2D eigenvalue weighted by molar-refractivity contribution is -0.138. The Bertz CT molecular complexity index is 1370. The first-order valence-electron chi connectivity index (χ1n) is 10.1. The molecule has 0 spiro atoms. The van der Waals surface area contributed by atoms with E-state index >= 15 is 0 Å². The summed E-state index contributed by atoms with van der Waals surface area (Å²) in [4.78, 5) is 55.9. The Hall–Kier alpha value is -3.64. The molecular formula is C22H21N5O5S2. The minimum atomic E-state index is -1.37. The van der Waals surface area contributed by atoms with Gasteiger partial charge in [-0.3, -0.25) is 24.4 Å². The van der Waals surface area contributed by atoms with Crippen molar-refractivity contribution in [2.24, 2.45) is 0 Å². The molecule has 1 aliphatic rings. The van der Waals surface area contributed by atoms with Gasteiger partial charge in [0.25, 0.3) is 11.5 Å². The minimum Gasteiger partial charge on any atom is -0.497 e. The van der Waals surface area contributed by atoms with Crippen LogP contribution in [0.4, 0.5) is 4.79 Å². The number of thiophene rings is 1. The van der Waals surface area contributed by atoms with Crippen LogP contribution in [-0.2, 0) is 21.7 Å². The number of fused-ring (bicyclic) bond motifs is 1. The molecule has 2 N–H and O–H groups in total. The molecule has 12 heteroatoms. The number of amides is 4. The minimum absolute atomic E-state index is 0.173. The van der Waals surface area contributed by atoms with Crippen LogP contribution in [-0.4, -0.2) is 45.3 Å². The molecule has 4 amide bonds. The zero-order valence-electron chi connectivity index (χ0n) is 18.4. The number of hydrazine groups is 1. The molecule has 2 aromatic heterocycles. The van der Waals surface area contributed by atoms with Crippen molar-refractivity contribution in [3.05, 3.63) is 64.3 Å². The Balaban J connectivity index is 1.49. The zero-order valence-corrected chi connectivity index (χ0v) is 20.0. The van der Waals surface area contributed by atoms with Gasteiger partial charge in [-0.15, -0.1) is 17.9 Å². The van der Waals surface area contributed by atoms with E-state index < -0.39 is 23.4 Å². The number of methoxy groups -OCH3 is 1. The standard InChI is InChI=1S/C22H21N5O5S2/c1-4-9-26-18(29)15-8-10-33-17(15)23-21(26)34-12-16(28)25-27-19(30)22(2,24-20(27)31)13-6-5-7-14(11-13)32-3/h4-8,10-11H,1,9,12H2,2-3H3,(H,24,31)(H,25,28)/t22-/m0/s1. The van der Waals surface area contributed by atoms with Gasteiger partial charge in [0.05, 0.1) is 18.2 Å². The molecule has 1 aromatic carbocycles. The molecular weight excluding hydrogens is 478 g/mol. The highest BCUT2D eigenvalue weighted by molar-refractivity contribution is 7.99. The van der Waals surface area contributed by atoms with Crippen LogP contribution in [0.3, 0.4) is 0 Å². The number of carbonyl (C=O) groups excluding carboxylic acids is 3. The SMILES string of the molecule is C=CCn1c(SCC(=O)NN2C(=O)N[C@@](C)(c3cccc(OC)c3)C2=O)nc2sccc2c1=O. The quantitative estimate of drug-likeness (QED) is 0.211. The van der Waals surface area contributed by atoms with Crippen LogP contribution in [0.15, 0.2) is 58.3 Å². The van der Waals surface area contributed by atoms with E-state index in [4.69, 9.17) is 4.74 Å². The van der Waals surface area contributed by atoms with E-state index in [1.54, 1.807) is 48.7 Å². The van der Waals surface area contributed by atoms with Gasteiger partial charge in [-0.05, 0) is 36.1 Å². The second kappa shape index (κ2) is 9.31. The van der Waals surface area contributed by atoms with E-state index in [0.717, 1.165) is 11.8 Å². The van der Waals surface area contributed by atoms with Crippen molar-refractivity contribution in [2.45, 2.75) is 24.2 Å². The molecule has 34 heavy (non-hydrogen) atoms. The fourth-order valence-corrected chi connectivity index (χ4v) is 5.09. The molecule has 0 saturated carbocycles. The first-order valence-corrected chi connectivity index (χ1v) is 12.0. The van der Waals surface area contributed by atoms with Crippen molar-refractivity contribution < 1.29 is 19.1 Å². The molecule has 176 valence electrons. The van der Waals surface area contributed by atoms with Gasteiger partial charge in [0.15, 0.2) is 5.16 Å². The van der Waals surface area contributed by atoms with Gasteiger partial charge in [-0.2, -0.15) is 5.01 Å². The third-order valence-electron chi connectivity index (χ3n) is 5.27. The summed E-state index contributed by atoms with van der Waals surface area (Å²) >= 11 is 2.35. The molecule has 4 rings (SSSR count). The molecule has 3 heterocycles. The van der Waals surface area contributed by atoms with Gasteiger partial charge >= 0.3 is 6.03 Å². The third-order valence-corrected chi connectivity index (χ3v) is 7.05. The highest BCUT2D eigenvalue weighted by Gasteiger charge is 2.50. The number of allylic oxidation sites excluding steroid dienone is 1. The molecule has 1 fully saturated rings. The van der Waals surface area contributed by atoms with E-state index in [0.29, 0.717) is 31.7 Å². The van der Waals surface area contributed by atoms with E-state index in [-0.39, 0.29) is 17.9 Å². The number of carbonyl (C=O) groups is 3. The van der Waals surface area contributed by atoms with E-state index in [2.05, 4.69) is 22.3 Å². The number of urea groups is 1. The van der Waals surface area contributed by atoms with Crippen LogP contribution in [0.2, 0.25) is 0 Å². The average molecular weight is 500 g/mol. The summed E-state index contributed by atoms with van der Waals surface area (Å²) in [6.07, 6.45) is 1.57. The fraction of sp³-hybridized carbons (Fsp3) is 0.227. The molecule has 0 aliphatic carbocycles. The van der Waals surface area contributed by atoms with Gasteiger partial charge in [-0.1, -0.05) is 30.0 Å². The van der Waals surface area contributed by atoms with Gasteiger partial charge in [0.1, 0.15) is 16.1 Å². The highest BCUT2D eigenvalue weighted by atomic mass is 32.2. The van der Waals surface area contributed by atoms with E-state index in [1.165, 1.54) is 23.0 Å². The van der Waals surface area contributed by atoms with Crippen molar-refractivity contribution in [2.75, 3.05) is 12.9 Å². The summed E-state index contributed by atoms with van der Waals surface area (Å²) < 4.78 is 6.62. The first-order chi connectivity index (χ1) is 16.3. The van der Waals surface area contributed by atoms with Crippen LogP contribution in [0, 0.1) is 0 Å². The number of rotatable bonds is 8. The Kier molecular flexibility index (Phi) is 6.44. The highest BCUT2D eigenvalue weighted by Crippen LogP contribution is 2.30. The van der Waals surface area contributed by atoms with Crippen molar-refractivity contribution in [3.8, 4) is 5.75 Å². The molecule has 3 aromatic rings. The van der Waals surface area contributed by atoms with Gasteiger partial charge in [0.2, 0.25) is 5.91 Å². The number of hydrogen-bond acceptors (Lipinski definition) is 8. The summed E-state index contributed by atoms with van der Waals surface area (Å²) in [7, 11) is 1.50. The number of ether oxygens (including phenoxy) is 1. The third kappa shape index (κ3) is 4.17. The number of nitrogens with one attached hydrogen (secondary N) is 2. The first kappa shape index (κ1) is 23.5. The number of nitrogens with zero attached hydrogens (tertiary/aromatic N) is 3. The second-order valence-corrected chi connectivity index (χ2v) is 9.33. The summed E-state index contributed by atoms with van der Waals surface area (Å²) in [5, 5.41) is 5.89. The van der Waals surface area contributed by atoms with Crippen molar-refractivity contribution in [3.63, 3.8) is 0 Å². The van der Waals surface area contributed by atoms with Crippen molar-refractivity contribution in [1.29, 1.82) is 0 Å². The number of thioether (sulfide) groups is 1. The van der Waals surface area contributed by atoms with Crippen LogP contribution < -0.4 is 21.0 Å². The molecule has 1 atom stereocenters. The largest absolute Gasteiger partial charge is 0.497 e. The van der Waals surface area contributed by atoms with E-state index in [9.17, 15) is 19.2 Å². The monoisotopic (exact) mass is 499 g/mol. The summed E-state index contributed by atoms with van der Waals surface area (Å²) in [6, 6.07) is 7.70. The van der Waals surface area contributed by atoms with Crippen molar-refractivity contribution >= 4 is 51.2 Å². The normalized spacial score (nSPS) is 17.6. The Morgan fingerprint density at radius 1 is 1.35 bits per heavy atom. The van der Waals surface area contributed by atoms with Crippen LogP contribution >= 0.6 is 23.1 Å². The van der Waals surface area contributed by atoms with Gasteiger partial charge in [0, 0.05) is 6.54 Å². The molecule has 10 nitrogen and oxygen atoms in total. The van der Waals surface area contributed by atoms with Crippen molar-refractivity contribution in [1.82, 2.24) is 25.3 Å². The smallest absolute Gasteiger partial charge is 0.344 e. The van der Waals surface area contributed by atoms with E-state index in [1.807, 2.05) is 0 Å². The molecule has 0 bridgehead atoms. The van der Waals surface area contributed by atoms with Crippen LogP contribution in [0.1, 0.15) is 12.5 Å². The number of aromatic nitrogens is 2. The zero-order chi connectivity index (χ0) is 24.5. The number of benzene rings is 1. The van der Waals surface area contributed by atoms with Gasteiger partial charge in [-0.25, -0.2) is 9.78 Å². The number of imide groups is 1. The lowest BCUT2D eigenvalue weighted by atomic mass is 9.92. The predicted octanol–water partition coefficient (Wildman–Crippen LogP) is 2.24. The lowest BCUT2D eigenvalue weighted by Gasteiger charge is -2.22. The van der Waals surface area contributed by atoms with Gasteiger partial charge < -0.3 is 10.1 Å². The average Bonchev–Trinajstić information content (AvgIpc) is 3.39. The number of hydrogen-bond donors (Lipinski definition) is 2. The van der Waals surface area contributed by atoms with Crippen LogP contribution in [0.25, 0.3) is 10.2 Å². The molecule has 0 unspecified atom stereocenters. The molecule has 0 radical (unpaired) electrons.